The van der Waals surface area contributed by atoms with Crippen molar-refractivity contribution in [1.29, 1.82) is 5.26 Å². The molecule has 0 radical (unpaired) electrons. The van der Waals surface area contributed by atoms with Crippen molar-refractivity contribution in [3.05, 3.63) is 65.0 Å². The highest BCUT2D eigenvalue weighted by Gasteiger charge is 2.16. The van der Waals surface area contributed by atoms with Crippen molar-refractivity contribution in [2.45, 2.75) is 19.6 Å². The summed E-state index contributed by atoms with van der Waals surface area (Å²) in [5.74, 6) is -0.368. The molecule has 2 rings (SSSR count). The highest BCUT2D eigenvalue weighted by atomic mass is 19.1. The van der Waals surface area contributed by atoms with Crippen LogP contribution < -0.4 is 4.90 Å². The van der Waals surface area contributed by atoms with Crippen molar-refractivity contribution < 1.29 is 9.50 Å². The fourth-order valence-electron chi connectivity index (χ4n) is 2.36. The van der Waals surface area contributed by atoms with Gasteiger partial charge in [0.2, 0.25) is 0 Å². The average Bonchev–Trinajstić information content (AvgIpc) is 2.46. The minimum atomic E-state index is -0.747. The predicted molar refractivity (Wildman–Crippen MR) is 80.3 cm³/mol. The smallest absolute Gasteiger partial charge is 0.146 e. The van der Waals surface area contributed by atoms with Gasteiger partial charge in [-0.2, -0.15) is 5.26 Å². The first-order valence-electron chi connectivity index (χ1n) is 6.69. The molecule has 1 unspecified atom stereocenters. The van der Waals surface area contributed by atoms with E-state index in [2.05, 4.69) is 6.07 Å². The summed E-state index contributed by atoms with van der Waals surface area (Å²) in [4.78, 5) is 1.74. The van der Waals surface area contributed by atoms with E-state index in [-0.39, 0.29) is 5.82 Å². The van der Waals surface area contributed by atoms with Crippen LogP contribution in [-0.4, -0.2) is 12.2 Å². The van der Waals surface area contributed by atoms with E-state index in [1.807, 2.05) is 6.07 Å². The number of halogens is 1. The predicted octanol–water partition coefficient (Wildman–Crippen LogP) is 3.39. The lowest BCUT2D eigenvalue weighted by molar-refractivity contribution is 0.199. The maximum absolute atomic E-state index is 14.1. The van der Waals surface area contributed by atoms with E-state index in [9.17, 15) is 9.50 Å². The zero-order valence-electron chi connectivity index (χ0n) is 12.0. The lowest BCUT2D eigenvalue weighted by atomic mass is 10.1. The van der Waals surface area contributed by atoms with Crippen LogP contribution in [0, 0.1) is 17.1 Å². The molecule has 21 heavy (non-hydrogen) atoms. The number of nitriles is 1. The van der Waals surface area contributed by atoms with Gasteiger partial charge in [0.25, 0.3) is 0 Å². The summed E-state index contributed by atoms with van der Waals surface area (Å²) in [6.07, 6.45) is -0.747. The van der Waals surface area contributed by atoms with Crippen LogP contribution in [0.15, 0.2) is 42.5 Å². The Morgan fingerprint density at radius 3 is 2.67 bits per heavy atom. The topological polar surface area (TPSA) is 47.3 Å². The third kappa shape index (κ3) is 3.39. The Bertz CT molecular complexity index is 677. The van der Waals surface area contributed by atoms with Crippen molar-refractivity contribution in [3.8, 4) is 6.07 Å². The van der Waals surface area contributed by atoms with Gasteiger partial charge in [-0.25, -0.2) is 4.39 Å². The molecule has 0 aliphatic carbocycles. The first-order valence-corrected chi connectivity index (χ1v) is 6.69. The zero-order valence-corrected chi connectivity index (χ0v) is 12.0. The molecule has 0 heterocycles. The van der Waals surface area contributed by atoms with Crippen molar-refractivity contribution in [3.63, 3.8) is 0 Å². The maximum Gasteiger partial charge on any atom is 0.146 e. The van der Waals surface area contributed by atoms with Crippen LogP contribution in [-0.2, 0) is 6.54 Å². The quantitative estimate of drug-likeness (QED) is 0.936. The molecule has 0 fully saturated rings. The van der Waals surface area contributed by atoms with Crippen LogP contribution in [0.1, 0.15) is 29.7 Å². The number of aliphatic hydroxyl groups excluding tert-OH is 1. The molecule has 108 valence electrons. The molecule has 4 heteroatoms. The molecule has 1 N–H and O–H groups in total. The number of hydrogen-bond donors (Lipinski definition) is 1. The minimum absolute atomic E-state index is 0.368. The molecule has 1 atom stereocenters. The molecule has 0 bridgehead atoms. The Balaban J connectivity index is 2.32. The van der Waals surface area contributed by atoms with E-state index in [1.54, 1.807) is 49.2 Å². The Kier molecular flexibility index (Phi) is 4.56. The van der Waals surface area contributed by atoms with Crippen molar-refractivity contribution in [1.82, 2.24) is 0 Å². The molecule has 0 aromatic heterocycles. The summed E-state index contributed by atoms with van der Waals surface area (Å²) in [7, 11) is 1.77. The molecule has 0 aliphatic rings. The highest BCUT2D eigenvalue weighted by molar-refractivity contribution is 5.55. The number of anilines is 1. The summed E-state index contributed by atoms with van der Waals surface area (Å²) in [6.45, 7) is 2.07. The Hall–Kier alpha value is -2.38. The molecule has 0 saturated carbocycles. The van der Waals surface area contributed by atoms with Gasteiger partial charge in [0.05, 0.1) is 23.4 Å². The zero-order chi connectivity index (χ0) is 15.4. The van der Waals surface area contributed by atoms with E-state index >= 15 is 0 Å². The van der Waals surface area contributed by atoms with E-state index in [4.69, 9.17) is 5.26 Å². The number of hydrogen-bond acceptors (Lipinski definition) is 3. The summed E-state index contributed by atoms with van der Waals surface area (Å²) in [5, 5.41) is 18.7. The number of para-hydroxylation sites is 1. The first kappa shape index (κ1) is 15.0. The Morgan fingerprint density at radius 1 is 1.29 bits per heavy atom. The van der Waals surface area contributed by atoms with Crippen LogP contribution in [0.2, 0.25) is 0 Å². The first-order chi connectivity index (χ1) is 10.0. The summed E-state index contributed by atoms with van der Waals surface area (Å²) < 4.78 is 14.1. The lowest BCUT2D eigenvalue weighted by Gasteiger charge is -2.24. The van der Waals surface area contributed by atoms with Crippen LogP contribution >= 0.6 is 0 Å². The second-order valence-corrected chi connectivity index (χ2v) is 5.02. The van der Waals surface area contributed by atoms with Gasteiger partial charge in [-0.1, -0.05) is 24.3 Å². The van der Waals surface area contributed by atoms with Crippen molar-refractivity contribution in [2.75, 3.05) is 11.9 Å². The normalized spacial score (nSPS) is 11.8. The van der Waals surface area contributed by atoms with Gasteiger partial charge in [-0.15, -0.1) is 0 Å². The fraction of sp³-hybridized carbons (Fsp3) is 0.235. The fourth-order valence-corrected chi connectivity index (χ4v) is 2.36. The number of nitrogens with zero attached hydrogens (tertiary/aromatic N) is 2. The van der Waals surface area contributed by atoms with Gasteiger partial charge in [-0.05, 0) is 30.7 Å². The monoisotopic (exact) mass is 284 g/mol. The summed E-state index contributed by atoms with van der Waals surface area (Å²) in [6, 6.07) is 14.0. The minimum Gasteiger partial charge on any atom is -0.389 e. The van der Waals surface area contributed by atoms with E-state index in [0.717, 1.165) is 5.56 Å². The second-order valence-electron chi connectivity index (χ2n) is 5.02. The SMILES string of the molecule is CC(O)c1cccc(F)c1N(C)Cc1cccc(C#N)c1. The Labute approximate surface area is 123 Å². The molecular formula is C17H17FN2O. The van der Waals surface area contributed by atoms with Gasteiger partial charge in [0.15, 0.2) is 0 Å². The average molecular weight is 284 g/mol. The largest absolute Gasteiger partial charge is 0.389 e. The summed E-state index contributed by atoms with van der Waals surface area (Å²) in [5.41, 5.74) is 2.42. The van der Waals surface area contributed by atoms with Crippen LogP contribution in [0.25, 0.3) is 0 Å². The van der Waals surface area contributed by atoms with Gasteiger partial charge in [-0.3, -0.25) is 0 Å². The van der Waals surface area contributed by atoms with E-state index in [1.165, 1.54) is 6.07 Å². The van der Waals surface area contributed by atoms with Gasteiger partial charge in [0, 0.05) is 19.2 Å². The summed E-state index contributed by atoms with van der Waals surface area (Å²) >= 11 is 0. The molecule has 2 aromatic rings. The third-order valence-corrected chi connectivity index (χ3v) is 3.33. The Morgan fingerprint density at radius 2 is 2.00 bits per heavy atom. The molecule has 0 saturated heterocycles. The van der Waals surface area contributed by atoms with Gasteiger partial charge in [0.1, 0.15) is 5.82 Å². The molecule has 3 nitrogen and oxygen atoms in total. The van der Waals surface area contributed by atoms with Gasteiger partial charge >= 0.3 is 0 Å². The molecule has 0 spiro atoms. The van der Waals surface area contributed by atoms with Crippen LogP contribution in [0.3, 0.4) is 0 Å². The molecular weight excluding hydrogens is 267 g/mol. The van der Waals surface area contributed by atoms with Crippen molar-refractivity contribution >= 4 is 5.69 Å². The van der Waals surface area contributed by atoms with E-state index in [0.29, 0.717) is 23.4 Å². The number of aliphatic hydroxyl groups is 1. The highest BCUT2D eigenvalue weighted by Crippen LogP contribution is 2.29. The molecule has 2 aromatic carbocycles. The number of rotatable bonds is 4. The number of benzene rings is 2. The molecule has 0 aliphatic heterocycles. The molecule has 0 amide bonds. The maximum atomic E-state index is 14.1. The standard InChI is InChI=1S/C17H17FN2O/c1-12(21)15-7-4-8-16(18)17(15)20(2)11-14-6-3-5-13(9-14)10-19/h3-9,12,21H,11H2,1-2H3. The van der Waals surface area contributed by atoms with Crippen molar-refractivity contribution in [2.24, 2.45) is 0 Å². The van der Waals surface area contributed by atoms with E-state index < -0.39 is 6.10 Å². The van der Waals surface area contributed by atoms with Crippen LogP contribution in [0.5, 0.6) is 0 Å². The third-order valence-electron chi connectivity index (χ3n) is 3.33. The lowest BCUT2D eigenvalue weighted by Crippen LogP contribution is -2.20. The second kappa shape index (κ2) is 6.38. The van der Waals surface area contributed by atoms with Gasteiger partial charge < -0.3 is 10.0 Å². The van der Waals surface area contributed by atoms with Crippen LogP contribution in [0.4, 0.5) is 10.1 Å².